The van der Waals surface area contributed by atoms with Crippen molar-refractivity contribution in [2.24, 2.45) is 5.92 Å². The highest BCUT2D eigenvalue weighted by atomic mass is 79.9. The fraction of sp³-hybridized carbons (Fsp3) is 0.562. The van der Waals surface area contributed by atoms with Crippen molar-refractivity contribution < 1.29 is 13.2 Å². The van der Waals surface area contributed by atoms with Gasteiger partial charge in [-0.2, -0.15) is 0 Å². The first kappa shape index (κ1) is 19.9. The van der Waals surface area contributed by atoms with Crippen molar-refractivity contribution in [2.45, 2.75) is 44.0 Å². The van der Waals surface area contributed by atoms with Crippen LogP contribution in [-0.2, 0) is 14.8 Å². The van der Waals surface area contributed by atoms with Crippen molar-refractivity contribution in [1.29, 1.82) is 0 Å². The number of halogens is 2. The first-order chi connectivity index (χ1) is 11.2. The van der Waals surface area contributed by atoms with Gasteiger partial charge >= 0.3 is 0 Å². The van der Waals surface area contributed by atoms with Crippen LogP contribution in [-0.4, -0.2) is 38.4 Å². The van der Waals surface area contributed by atoms with Gasteiger partial charge in [-0.3, -0.25) is 4.79 Å². The second kappa shape index (κ2) is 8.29. The maximum absolute atomic E-state index is 12.6. The molecule has 1 N–H and O–H groups in total. The number of sulfonamides is 1. The van der Waals surface area contributed by atoms with E-state index in [1.165, 1.54) is 0 Å². The van der Waals surface area contributed by atoms with Crippen molar-refractivity contribution in [3.63, 3.8) is 0 Å². The monoisotopic (exact) mass is 480 g/mol. The Hall–Kier alpha value is -0.440. The predicted molar refractivity (Wildman–Crippen MR) is 101 cm³/mol. The summed E-state index contributed by atoms with van der Waals surface area (Å²) in [7, 11) is -3.59. The Bertz CT molecular complexity index is 699. The molecule has 0 unspecified atom stereocenters. The zero-order valence-electron chi connectivity index (χ0n) is 13.8. The second-order valence-corrected chi connectivity index (χ2v) is 9.90. The van der Waals surface area contributed by atoms with Crippen LogP contribution in [0.3, 0.4) is 0 Å². The number of rotatable bonds is 5. The minimum Gasteiger partial charge on any atom is -0.343 e. The third kappa shape index (κ3) is 5.28. The molecule has 0 aliphatic carbocycles. The first-order valence-corrected chi connectivity index (χ1v) is 11.0. The lowest BCUT2D eigenvalue weighted by Gasteiger charge is -2.32. The van der Waals surface area contributed by atoms with Crippen molar-refractivity contribution in [3.8, 4) is 0 Å². The van der Waals surface area contributed by atoms with Gasteiger partial charge in [-0.1, -0.05) is 29.8 Å². The normalized spacial score (nSPS) is 16.6. The highest BCUT2D eigenvalue weighted by Crippen LogP contribution is 2.26. The molecule has 1 heterocycles. The van der Waals surface area contributed by atoms with Crippen molar-refractivity contribution in [3.05, 3.63) is 27.1 Å². The largest absolute Gasteiger partial charge is 0.343 e. The predicted octanol–water partition coefficient (Wildman–Crippen LogP) is 3.53. The molecule has 2 rings (SSSR count). The van der Waals surface area contributed by atoms with Crippen LogP contribution < -0.4 is 4.72 Å². The molecule has 1 aromatic rings. The van der Waals surface area contributed by atoms with Crippen molar-refractivity contribution in [1.82, 2.24) is 9.62 Å². The number of nitrogens with zero attached hydrogens (tertiary/aromatic N) is 1. The Balaban J connectivity index is 1.97. The number of hydrogen-bond acceptors (Lipinski definition) is 3. The number of nitrogens with one attached hydrogen (secondary N) is 1. The summed E-state index contributed by atoms with van der Waals surface area (Å²) < 4.78 is 29.2. The molecule has 0 bridgehead atoms. The van der Waals surface area contributed by atoms with Gasteiger partial charge in [0.1, 0.15) is 0 Å². The number of hydrogen-bond donors (Lipinski definition) is 1. The van der Waals surface area contributed by atoms with Gasteiger partial charge in [0.25, 0.3) is 0 Å². The van der Waals surface area contributed by atoms with Gasteiger partial charge in [-0.25, -0.2) is 13.1 Å². The van der Waals surface area contributed by atoms with Gasteiger partial charge in [0.15, 0.2) is 0 Å². The van der Waals surface area contributed by atoms with E-state index in [1.807, 2.05) is 18.7 Å². The van der Waals surface area contributed by atoms with Crippen LogP contribution in [0.25, 0.3) is 0 Å². The molecule has 1 amide bonds. The van der Waals surface area contributed by atoms with Crippen LogP contribution in [0.2, 0.25) is 0 Å². The number of carbonyl (C=O) groups excluding carboxylic acids is 1. The van der Waals surface area contributed by atoms with E-state index < -0.39 is 10.0 Å². The summed E-state index contributed by atoms with van der Waals surface area (Å²) in [5, 5.41) is 0. The molecule has 0 atom stereocenters. The average Bonchev–Trinajstić information content (AvgIpc) is 2.46. The first-order valence-electron chi connectivity index (χ1n) is 7.94. The fourth-order valence-electron chi connectivity index (χ4n) is 2.70. The van der Waals surface area contributed by atoms with Gasteiger partial charge in [0.05, 0.1) is 4.90 Å². The average molecular weight is 482 g/mol. The van der Waals surface area contributed by atoms with Crippen LogP contribution in [0, 0.1) is 5.92 Å². The molecule has 0 radical (unpaired) electrons. The van der Waals surface area contributed by atoms with E-state index >= 15 is 0 Å². The molecule has 24 heavy (non-hydrogen) atoms. The number of amides is 1. The highest BCUT2D eigenvalue weighted by molar-refractivity contribution is 9.11. The number of benzene rings is 1. The Labute approximate surface area is 160 Å². The Morgan fingerprint density at radius 2 is 1.92 bits per heavy atom. The van der Waals surface area contributed by atoms with E-state index in [4.69, 9.17) is 0 Å². The second-order valence-electron chi connectivity index (χ2n) is 6.45. The molecular formula is C16H22Br2N2O3S. The lowest BCUT2D eigenvalue weighted by Crippen LogP contribution is -2.46. The Kier molecular flexibility index (Phi) is 6.87. The maximum atomic E-state index is 12.6. The summed E-state index contributed by atoms with van der Waals surface area (Å²) in [5.41, 5.74) is 0. The SMILES string of the molecule is CC(C)CC(=O)N1CCC(NS(=O)(=O)c2ccc(Br)cc2Br)CC1. The molecule has 1 saturated heterocycles. The molecule has 1 aliphatic rings. The van der Waals surface area contributed by atoms with Gasteiger partial charge in [0, 0.05) is 34.5 Å². The van der Waals surface area contributed by atoms with Crippen LogP contribution >= 0.6 is 31.9 Å². The molecule has 5 nitrogen and oxygen atoms in total. The van der Waals surface area contributed by atoms with E-state index in [0.29, 0.717) is 42.7 Å². The lowest BCUT2D eigenvalue weighted by atomic mass is 10.0. The maximum Gasteiger partial charge on any atom is 0.241 e. The molecule has 0 aromatic heterocycles. The molecule has 134 valence electrons. The highest BCUT2D eigenvalue weighted by Gasteiger charge is 2.27. The Morgan fingerprint density at radius 1 is 1.29 bits per heavy atom. The molecule has 8 heteroatoms. The van der Waals surface area contributed by atoms with Crippen molar-refractivity contribution in [2.75, 3.05) is 13.1 Å². The zero-order chi connectivity index (χ0) is 17.9. The van der Waals surface area contributed by atoms with Crippen LogP contribution in [0.4, 0.5) is 0 Å². The minimum absolute atomic E-state index is 0.145. The quantitative estimate of drug-likeness (QED) is 0.699. The van der Waals surface area contributed by atoms with Crippen molar-refractivity contribution >= 4 is 47.8 Å². The molecule has 1 fully saturated rings. The fourth-order valence-corrected chi connectivity index (χ4v) is 5.75. The third-order valence-electron chi connectivity index (χ3n) is 3.94. The molecule has 0 saturated carbocycles. The number of carbonyl (C=O) groups is 1. The zero-order valence-corrected chi connectivity index (χ0v) is 17.7. The molecule has 0 spiro atoms. The summed E-state index contributed by atoms with van der Waals surface area (Å²) in [6.07, 6.45) is 1.82. The minimum atomic E-state index is -3.59. The summed E-state index contributed by atoms with van der Waals surface area (Å²) in [5.74, 6) is 0.491. The molecule has 1 aliphatic heterocycles. The Morgan fingerprint density at radius 3 is 2.46 bits per heavy atom. The number of piperidine rings is 1. The van der Waals surface area contributed by atoms with Gasteiger partial charge in [-0.05, 0) is 52.9 Å². The number of likely N-dealkylation sites (tertiary alicyclic amines) is 1. The van der Waals surface area contributed by atoms with Crippen LogP contribution in [0.5, 0.6) is 0 Å². The van der Waals surface area contributed by atoms with E-state index in [0.717, 1.165) is 4.47 Å². The van der Waals surface area contributed by atoms with E-state index in [1.54, 1.807) is 18.2 Å². The molecular weight excluding hydrogens is 460 g/mol. The lowest BCUT2D eigenvalue weighted by molar-refractivity contribution is -0.133. The van der Waals surface area contributed by atoms with E-state index in [-0.39, 0.29) is 16.8 Å². The smallest absolute Gasteiger partial charge is 0.241 e. The van der Waals surface area contributed by atoms with Gasteiger partial charge < -0.3 is 4.90 Å². The van der Waals surface area contributed by atoms with Gasteiger partial charge in [-0.15, -0.1) is 0 Å². The van der Waals surface area contributed by atoms with E-state index in [2.05, 4.69) is 36.6 Å². The standard InChI is InChI=1S/C16H22Br2N2O3S/c1-11(2)9-16(21)20-7-5-13(6-8-20)19-24(22,23)15-4-3-12(17)10-14(15)18/h3-4,10-11,13,19H,5-9H2,1-2H3. The van der Waals surface area contributed by atoms with Crippen LogP contribution in [0.15, 0.2) is 32.0 Å². The summed E-state index contributed by atoms with van der Waals surface area (Å²) in [6, 6.07) is 4.83. The topological polar surface area (TPSA) is 66.5 Å². The summed E-state index contributed by atoms with van der Waals surface area (Å²) in [4.78, 5) is 14.1. The summed E-state index contributed by atoms with van der Waals surface area (Å²) >= 11 is 6.61. The van der Waals surface area contributed by atoms with Crippen LogP contribution in [0.1, 0.15) is 33.1 Å². The van der Waals surface area contributed by atoms with E-state index in [9.17, 15) is 13.2 Å². The summed E-state index contributed by atoms with van der Waals surface area (Å²) in [6.45, 7) is 5.24. The molecule has 1 aromatic carbocycles. The van der Waals surface area contributed by atoms with Gasteiger partial charge in [0.2, 0.25) is 15.9 Å². The third-order valence-corrected chi connectivity index (χ3v) is 6.93.